The molecule has 8 nitrogen and oxygen atoms in total. The zero-order valence-corrected chi connectivity index (χ0v) is 19.0. The molecule has 1 aliphatic rings. The van der Waals surface area contributed by atoms with Gasteiger partial charge in [0.15, 0.2) is 11.6 Å². The summed E-state index contributed by atoms with van der Waals surface area (Å²) < 4.78 is 10.2. The molecule has 1 saturated heterocycles. The third kappa shape index (κ3) is 5.43. The van der Waals surface area contributed by atoms with Gasteiger partial charge in [-0.15, -0.1) is 0 Å². The molecule has 1 amide bonds. The third-order valence-electron chi connectivity index (χ3n) is 5.74. The number of ether oxygens (including phenoxy) is 1. The summed E-state index contributed by atoms with van der Waals surface area (Å²) in [7, 11) is 1.30. The van der Waals surface area contributed by atoms with Crippen molar-refractivity contribution in [1.82, 2.24) is 9.88 Å². The van der Waals surface area contributed by atoms with Gasteiger partial charge in [0.2, 0.25) is 0 Å². The summed E-state index contributed by atoms with van der Waals surface area (Å²) >= 11 is 0. The Kier molecular flexibility index (Phi) is 7.81. The molecule has 8 heteroatoms. The lowest BCUT2D eigenvalue weighted by atomic mass is 9.92. The van der Waals surface area contributed by atoms with Crippen molar-refractivity contribution >= 4 is 23.8 Å². The molecule has 2 heterocycles. The summed E-state index contributed by atoms with van der Waals surface area (Å²) in [5.41, 5.74) is 5.54. The van der Waals surface area contributed by atoms with Crippen LogP contribution in [0.1, 0.15) is 72.7 Å². The van der Waals surface area contributed by atoms with E-state index >= 15 is 0 Å². The van der Waals surface area contributed by atoms with Crippen LogP contribution in [-0.4, -0.2) is 47.7 Å². The molecule has 32 heavy (non-hydrogen) atoms. The zero-order valence-electron chi connectivity index (χ0n) is 19.0. The van der Waals surface area contributed by atoms with Crippen LogP contribution in [0.3, 0.4) is 0 Å². The second-order valence-corrected chi connectivity index (χ2v) is 7.95. The number of oxazole rings is 1. The predicted molar refractivity (Wildman–Crippen MR) is 123 cm³/mol. The van der Waals surface area contributed by atoms with Gasteiger partial charge >= 0.3 is 5.97 Å². The minimum Gasteiger partial charge on any atom is -0.464 e. The van der Waals surface area contributed by atoms with E-state index in [4.69, 9.17) is 9.15 Å². The van der Waals surface area contributed by atoms with Crippen LogP contribution < -0.4 is 5.43 Å². The molecule has 0 radical (unpaired) electrons. The van der Waals surface area contributed by atoms with Gasteiger partial charge in [-0.25, -0.2) is 9.78 Å². The number of para-hydroxylation sites is 1. The number of rotatable bonds is 7. The topological polar surface area (TPSA) is 97.0 Å². The summed E-state index contributed by atoms with van der Waals surface area (Å²) in [5, 5.41) is 4.24. The fraction of sp³-hybridized carbons (Fsp3) is 0.417. The van der Waals surface area contributed by atoms with Crippen LogP contribution in [0, 0.1) is 0 Å². The maximum Gasteiger partial charge on any atom is 0.360 e. The van der Waals surface area contributed by atoms with Gasteiger partial charge in [-0.05, 0) is 51.3 Å². The van der Waals surface area contributed by atoms with Gasteiger partial charge in [-0.1, -0.05) is 24.6 Å². The number of esters is 1. The minimum absolute atomic E-state index is 0.0699. The van der Waals surface area contributed by atoms with E-state index in [1.54, 1.807) is 12.3 Å². The Morgan fingerprint density at radius 1 is 1.34 bits per heavy atom. The molecule has 0 spiro atoms. The van der Waals surface area contributed by atoms with Gasteiger partial charge in [0.05, 0.1) is 24.3 Å². The Balaban J connectivity index is 1.76. The fourth-order valence-corrected chi connectivity index (χ4v) is 3.58. The van der Waals surface area contributed by atoms with Crippen LogP contribution in [0.2, 0.25) is 0 Å². The van der Waals surface area contributed by atoms with Crippen molar-refractivity contribution < 1.29 is 18.7 Å². The van der Waals surface area contributed by atoms with Gasteiger partial charge < -0.3 is 14.1 Å². The number of nitrogens with one attached hydrogen (secondary N) is 1. The maximum absolute atomic E-state index is 13.5. The number of amides is 1. The molecule has 1 fully saturated rings. The van der Waals surface area contributed by atoms with Crippen molar-refractivity contribution in [1.29, 1.82) is 0 Å². The van der Waals surface area contributed by atoms with E-state index in [0.717, 1.165) is 19.3 Å². The van der Waals surface area contributed by atoms with Crippen molar-refractivity contribution in [3.05, 3.63) is 59.3 Å². The summed E-state index contributed by atoms with van der Waals surface area (Å²) in [6, 6.07) is 7.41. The number of benzene rings is 1. The van der Waals surface area contributed by atoms with Gasteiger partial charge in [0.25, 0.3) is 5.91 Å². The second kappa shape index (κ2) is 10.7. The van der Waals surface area contributed by atoms with Crippen molar-refractivity contribution in [2.75, 3.05) is 19.1 Å². The standard InChI is InChI=1S/C24H30N4O4/c1-5-16(2)12-13-25-27-20-9-7-6-8-19(20)23(29)28-14-18(11-10-17(28)3)22-26-21(15-32-22)24(30)31-4/h6-9,12-13,15,17-18,27H,5,10-11,14H2,1-4H3/b16-12?,25-13-/t17-,18?/m1/s1. The molecular weight excluding hydrogens is 408 g/mol. The monoisotopic (exact) mass is 438 g/mol. The first-order valence-electron chi connectivity index (χ1n) is 10.8. The lowest BCUT2D eigenvalue weighted by Crippen LogP contribution is -2.45. The van der Waals surface area contributed by atoms with Crippen LogP contribution in [0.4, 0.5) is 5.69 Å². The summed E-state index contributed by atoms with van der Waals surface area (Å²) in [4.78, 5) is 31.2. The highest BCUT2D eigenvalue weighted by Crippen LogP contribution is 2.31. The van der Waals surface area contributed by atoms with E-state index < -0.39 is 5.97 Å². The zero-order chi connectivity index (χ0) is 23.1. The highest BCUT2D eigenvalue weighted by Gasteiger charge is 2.33. The number of anilines is 1. The van der Waals surface area contributed by atoms with E-state index in [-0.39, 0.29) is 23.6 Å². The number of carbonyl (C=O) groups excluding carboxylic acids is 2. The van der Waals surface area contributed by atoms with E-state index in [0.29, 0.717) is 23.7 Å². The SMILES string of the molecule is CCC(C)=C/C=N\Nc1ccccc1C(=O)N1CC(c2nc(C(=O)OC)co2)CC[C@H]1C. The smallest absolute Gasteiger partial charge is 0.360 e. The van der Waals surface area contributed by atoms with Gasteiger partial charge in [0, 0.05) is 18.8 Å². The normalized spacial score (nSPS) is 19.2. The van der Waals surface area contributed by atoms with Crippen LogP contribution in [0.25, 0.3) is 0 Å². The molecule has 1 aromatic heterocycles. The number of hydrazone groups is 1. The summed E-state index contributed by atoms with van der Waals surface area (Å²) in [6.45, 7) is 6.62. The van der Waals surface area contributed by atoms with E-state index in [2.05, 4.69) is 22.4 Å². The number of methoxy groups -OCH3 is 1. The molecule has 3 rings (SSSR count). The first kappa shape index (κ1) is 23.2. The molecular formula is C24H30N4O4. The van der Waals surface area contributed by atoms with Crippen molar-refractivity contribution in [2.45, 2.75) is 52.0 Å². The molecule has 1 aromatic carbocycles. The summed E-state index contributed by atoms with van der Waals surface area (Å²) in [6.07, 6.45) is 7.52. The van der Waals surface area contributed by atoms with Crippen LogP contribution in [0.5, 0.6) is 0 Å². The number of nitrogens with zero attached hydrogens (tertiary/aromatic N) is 3. The highest BCUT2D eigenvalue weighted by molar-refractivity contribution is 6.00. The Labute approximate surface area is 188 Å². The van der Waals surface area contributed by atoms with Crippen LogP contribution in [0.15, 0.2) is 51.7 Å². The lowest BCUT2D eigenvalue weighted by Gasteiger charge is -2.37. The Morgan fingerprint density at radius 2 is 2.12 bits per heavy atom. The molecule has 0 saturated carbocycles. The van der Waals surface area contributed by atoms with Crippen LogP contribution in [-0.2, 0) is 4.74 Å². The molecule has 1 aliphatic heterocycles. The molecule has 1 unspecified atom stereocenters. The average Bonchev–Trinajstić information content (AvgIpc) is 3.31. The van der Waals surface area contributed by atoms with Crippen molar-refractivity contribution in [2.24, 2.45) is 5.10 Å². The molecule has 1 N–H and O–H groups in total. The van der Waals surface area contributed by atoms with Crippen molar-refractivity contribution in [3.63, 3.8) is 0 Å². The molecule has 0 bridgehead atoms. The Morgan fingerprint density at radius 3 is 2.88 bits per heavy atom. The third-order valence-corrected chi connectivity index (χ3v) is 5.74. The molecule has 2 atom stereocenters. The number of allylic oxidation sites excluding steroid dienone is 2. The lowest BCUT2D eigenvalue weighted by molar-refractivity contribution is 0.0583. The number of carbonyl (C=O) groups is 2. The van der Waals surface area contributed by atoms with Gasteiger partial charge in [-0.3, -0.25) is 10.2 Å². The van der Waals surface area contributed by atoms with Crippen LogP contribution >= 0.6 is 0 Å². The number of likely N-dealkylation sites (tertiary alicyclic amines) is 1. The maximum atomic E-state index is 13.5. The number of aromatic nitrogens is 1. The number of piperidine rings is 1. The van der Waals surface area contributed by atoms with Gasteiger partial charge in [0.1, 0.15) is 6.26 Å². The predicted octanol–water partition coefficient (Wildman–Crippen LogP) is 4.62. The van der Waals surface area contributed by atoms with E-state index in [9.17, 15) is 9.59 Å². The Hall–Kier alpha value is -3.42. The number of hydrogen-bond acceptors (Lipinski definition) is 7. The molecule has 170 valence electrons. The highest BCUT2D eigenvalue weighted by atomic mass is 16.5. The van der Waals surface area contributed by atoms with Crippen molar-refractivity contribution in [3.8, 4) is 0 Å². The molecule has 0 aliphatic carbocycles. The fourth-order valence-electron chi connectivity index (χ4n) is 3.58. The Bertz CT molecular complexity index is 1010. The minimum atomic E-state index is -0.540. The number of hydrogen-bond donors (Lipinski definition) is 1. The first-order chi connectivity index (χ1) is 15.4. The summed E-state index contributed by atoms with van der Waals surface area (Å²) in [5.74, 6) is -0.264. The van der Waals surface area contributed by atoms with E-state index in [1.165, 1.54) is 18.9 Å². The molecule has 2 aromatic rings. The average molecular weight is 439 g/mol. The first-order valence-corrected chi connectivity index (χ1v) is 10.8. The van der Waals surface area contributed by atoms with E-state index in [1.807, 2.05) is 43.0 Å². The largest absolute Gasteiger partial charge is 0.464 e. The quantitative estimate of drug-likeness (QED) is 0.385. The van der Waals surface area contributed by atoms with Gasteiger partial charge in [-0.2, -0.15) is 5.10 Å². The second-order valence-electron chi connectivity index (χ2n) is 7.95.